The highest BCUT2D eigenvalue weighted by atomic mass is 16.5. The lowest BCUT2D eigenvalue weighted by Crippen LogP contribution is -2.37. The van der Waals surface area contributed by atoms with Gasteiger partial charge in [0.1, 0.15) is 11.6 Å². The summed E-state index contributed by atoms with van der Waals surface area (Å²) in [6.07, 6.45) is 1.65. The number of rotatable bonds is 4. The van der Waals surface area contributed by atoms with Crippen LogP contribution >= 0.6 is 0 Å². The van der Waals surface area contributed by atoms with Crippen molar-refractivity contribution in [1.82, 2.24) is 4.90 Å². The molecule has 1 aliphatic heterocycles. The van der Waals surface area contributed by atoms with Gasteiger partial charge in [0.25, 0.3) is 0 Å². The molecule has 1 fully saturated rings. The number of aliphatic hydroxyl groups is 1. The van der Waals surface area contributed by atoms with Crippen molar-refractivity contribution in [1.29, 1.82) is 5.41 Å². The number of nitrogens with two attached hydrogens (primary N) is 1. The van der Waals surface area contributed by atoms with E-state index in [1.54, 1.807) is 13.2 Å². The number of benzene rings is 1. The average molecular weight is 263 g/mol. The number of hydrogen-bond acceptors (Lipinski definition) is 4. The van der Waals surface area contributed by atoms with Crippen molar-refractivity contribution < 1.29 is 9.84 Å². The van der Waals surface area contributed by atoms with Crippen molar-refractivity contribution in [2.24, 2.45) is 5.73 Å². The molecule has 1 aliphatic rings. The van der Waals surface area contributed by atoms with E-state index >= 15 is 0 Å². The lowest BCUT2D eigenvalue weighted by atomic mass is 10.0. The minimum Gasteiger partial charge on any atom is -0.496 e. The maximum absolute atomic E-state index is 9.70. The molecular formula is C14H21N3O2. The first-order valence-electron chi connectivity index (χ1n) is 6.52. The Kier molecular flexibility index (Phi) is 4.39. The first-order chi connectivity index (χ1) is 9.10. The summed E-state index contributed by atoms with van der Waals surface area (Å²) in [4.78, 5) is 2.20. The van der Waals surface area contributed by atoms with Crippen LogP contribution in [0.1, 0.15) is 24.0 Å². The predicted octanol–water partition coefficient (Wildman–Crippen LogP) is 0.936. The van der Waals surface area contributed by atoms with Gasteiger partial charge in [-0.1, -0.05) is 0 Å². The first-order valence-corrected chi connectivity index (χ1v) is 6.52. The van der Waals surface area contributed by atoms with Crippen LogP contribution in [-0.2, 0) is 6.54 Å². The van der Waals surface area contributed by atoms with Crippen LogP contribution in [0.5, 0.6) is 5.75 Å². The van der Waals surface area contributed by atoms with Crippen LogP contribution in [0.2, 0.25) is 0 Å². The first kappa shape index (κ1) is 13.8. The fourth-order valence-electron chi connectivity index (χ4n) is 2.49. The summed E-state index contributed by atoms with van der Waals surface area (Å²) in [5.74, 6) is 0.854. The molecule has 5 nitrogen and oxygen atoms in total. The molecule has 1 atom stereocenters. The zero-order valence-electron chi connectivity index (χ0n) is 11.2. The molecule has 104 valence electrons. The fourth-order valence-corrected chi connectivity index (χ4v) is 2.49. The van der Waals surface area contributed by atoms with E-state index in [1.807, 2.05) is 12.1 Å². The number of aliphatic hydroxyl groups excluding tert-OH is 1. The molecule has 0 spiro atoms. The predicted molar refractivity (Wildman–Crippen MR) is 74.5 cm³/mol. The van der Waals surface area contributed by atoms with Crippen LogP contribution < -0.4 is 10.5 Å². The van der Waals surface area contributed by atoms with Gasteiger partial charge in [0.2, 0.25) is 0 Å². The molecule has 4 N–H and O–H groups in total. The summed E-state index contributed by atoms with van der Waals surface area (Å²) < 4.78 is 5.35. The Hall–Kier alpha value is -1.59. The molecule has 0 radical (unpaired) electrons. The molecule has 0 bridgehead atoms. The summed E-state index contributed by atoms with van der Waals surface area (Å²) in [6, 6.07) is 5.52. The molecule has 0 aromatic heterocycles. The highest BCUT2D eigenvalue weighted by Crippen LogP contribution is 2.23. The summed E-state index contributed by atoms with van der Waals surface area (Å²) >= 11 is 0. The summed E-state index contributed by atoms with van der Waals surface area (Å²) in [5, 5.41) is 17.2. The average Bonchev–Trinajstić information content (AvgIpc) is 2.38. The van der Waals surface area contributed by atoms with Crippen LogP contribution in [0.15, 0.2) is 18.2 Å². The van der Waals surface area contributed by atoms with Crippen LogP contribution in [0.4, 0.5) is 0 Å². The summed E-state index contributed by atoms with van der Waals surface area (Å²) in [6.45, 7) is 2.37. The third-order valence-corrected chi connectivity index (χ3v) is 3.47. The zero-order valence-corrected chi connectivity index (χ0v) is 11.2. The molecule has 0 amide bonds. The number of hydrogen-bond donors (Lipinski definition) is 3. The molecule has 1 saturated heterocycles. The molecule has 2 rings (SSSR count). The minimum absolute atomic E-state index is 0.0579. The van der Waals surface area contributed by atoms with Gasteiger partial charge in [-0.05, 0) is 37.6 Å². The van der Waals surface area contributed by atoms with Crippen molar-refractivity contribution in [2.45, 2.75) is 25.5 Å². The lowest BCUT2D eigenvalue weighted by Gasteiger charge is -2.30. The molecule has 1 aromatic rings. The number of amidine groups is 1. The SMILES string of the molecule is COc1ccc(C(=N)N)cc1CN1CCCC(O)C1. The Balaban J connectivity index is 2.17. The molecule has 1 aromatic carbocycles. The number of ether oxygens (including phenoxy) is 1. The number of β-amino-alcohol motifs (C(OH)–C–C–N with tert-alkyl or cyclic N) is 1. The third-order valence-electron chi connectivity index (χ3n) is 3.47. The quantitative estimate of drug-likeness (QED) is 0.557. The van der Waals surface area contributed by atoms with E-state index in [0.29, 0.717) is 18.7 Å². The van der Waals surface area contributed by atoms with E-state index in [9.17, 15) is 5.11 Å². The van der Waals surface area contributed by atoms with Gasteiger partial charge < -0.3 is 15.6 Å². The molecule has 0 aliphatic carbocycles. The minimum atomic E-state index is -0.240. The number of nitrogens with one attached hydrogen (secondary N) is 1. The van der Waals surface area contributed by atoms with Crippen LogP contribution in [0.25, 0.3) is 0 Å². The Morgan fingerprint density at radius 2 is 2.37 bits per heavy atom. The number of methoxy groups -OCH3 is 1. The Bertz CT molecular complexity index is 462. The highest BCUT2D eigenvalue weighted by Gasteiger charge is 2.19. The van der Waals surface area contributed by atoms with Crippen molar-refractivity contribution in [3.63, 3.8) is 0 Å². The van der Waals surface area contributed by atoms with Gasteiger partial charge in [0, 0.05) is 24.2 Å². The summed E-state index contributed by atoms with van der Waals surface area (Å²) in [7, 11) is 1.64. The van der Waals surface area contributed by atoms with E-state index in [1.165, 1.54) is 0 Å². The fraction of sp³-hybridized carbons (Fsp3) is 0.500. The molecule has 19 heavy (non-hydrogen) atoms. The van der Waals surface area contributed by atoms with Crippen molar-refractivity contribution in [2.75, 3.05) is 20.2 Å². The molecule has 5 heteroatoms. The molecule has 0 saturated carbocycles. The second-order valence-electron chi connectivity index (χ2n) is 4.97. The van der Waals surface area contributed by atoms with E-state index in [4.69, 9.17) is 15.9 Å². The standard InChI is InChI=1S/C14H21N3O2/c1-19-13-5-4-10(14(15)16)7-11(13)8-17-6-2-3-12(18)9-17/h4-5,7,12,18H,2-3,6,8-9H2,1H3,(H3,15,16). The van der Waals surface area contributed by atoms with Gasteiger partial charge in [0.05, 0.1) is 13.2 Å². The van der Waals surface area contributed by atoms with Gasteiger partial charge >= 0.3 is 0 Å². The highest BCUT2D eigenvalue weighted by molar-refractivity contribution is 5.95. The zero-order chi connectivity index (χ0) is 13.8. The number of nitrogen functional groups attached to an aromatic ring is 1. The van der Waals surface area contributed by atoms with Crippen molar-refractivity contribution >= 4 is 5.84 Å². The van der Waals surface area contributed by atoms with Gasteiger partial charge in [-0.2, -0.15) is 0 Å². The Labute approximate surface area is 113 Å². The number of piperidine rings is 1. The summed E-state index contributed by atoms with van der Waals surface area (Å²) in [5.41, 5.74) is 7.22. The van der Waals surface area contributed by atoms with Gasteiger partial charge in [0.15, 0.2) is 0 Å². The topological polar surface area (TPSA) is 82.6 Å². The van der Waals surface area contributed by atoms with E-state index in [2.05, 4.69) is 4.90 Å². The second-order valence-corrected chi connectivity index (χ2v) is 4.97. The maximum atomic E-state index is 9.70. The normalized spacial score (nSPS) is 20.2. The monoisotopic (exact) mass is 263 g/mol. The largest absolute Gasteiger partial charge is 0.496 e. The van der Waals surface area contributed by atoms with E-state index < -0.39 is 0 Å². The van der Waals surface area contributed by atoms with Gasteiger partial charge in [-0.3, -0.25) is 10.3 Å². The van der Waals surface area contributed by atoms with Crippen molar-refractivity contribution in [3.8, 4) is 5.75 Å². The number of nitrogens with zero attached hydrogens (tertiary/aromatic N) is 1. The maximum Gasteiger partial charge on any atom is 0.123 e. The molecular weight excluding hydrogens is 242 g/mol. The van der Waals surface area contributed by atoms with Crippen molar-refractivity contribution in [3.05, 3.63) is 29.3 Å². The Morgan fingerprint density at radius 3 is 3.00 bits per heavy atom. The van der Waals surface area contributed by atoms with E-state index in [-0.39, 0.29) is 11.9 Å². The Morgan fingerprint density at radius 1 is 1.58 bits per heavy atom. The van der Waals surface area contributed by atoms with Gasteiger partial charge in [-0.25, -0.2) is 0 Å². The third kappa shape index (κ3) is 3.45. The van der Waals surface area contributed by atoms with Gasteiger partial charge in [-0.15, -0.1) is 0 Å². The lowest BCUT2D eigenvalue weighted by molar-refractivity contribution is 0.0664. The number of likely N-dealkylation sites (tertiary alicyclic amines) is 1. The second kappa shape index (κ2) is 6.04. The molecule has 1 heterocycles. The molecule has 1 unspecified atom stereocenters. The smallest absolute Gasteiger partial charge is 0.123 e. The van der Waals surface area contributed by atoms with Crippen LogP contribution in [0.3, 0.4) is 0 Å². The van der Waals surface area contributed by atoms with Crippen LogP contribution in [0, 0.1) is 5.41 Å². The van der Waals surface area contributed by atoms with E-state index in [0.717, 1.165) is 30.7 Å². The van der Waals surface area contributed by atoms with Crippen LogP contribution in [-0.4, -0.2) is 42.1 Å².